The van der Waals surface area contributed by atoms with Gasteiger partial charge in [-0.15, -0.1) is 0 Å². The van der Waals surface area contributed by atoms with Crippen LogP contribution in [0.25, 0.3) is 0 Å². The van der Waals surface area contributed by atoms with Crippen LogP contribution in [0.4, 0.5) is 0 Å². The topological polar surface area (TPSA) is 37.0 Å². The van der Waals surface area contributed by atoms with Gasteiger partial charge in [-0.25, -0.2) is 5.01 Å². The summed E-state index contributed by atoms with van der Waals surface area (Å²) in [6.45, 7) is 5.33. The summed E-state index contributed by atoms with van der Waals surface area (Å²) in [6, 6.07) is 16.8. The fraction of sp³-hybridized carbons (Fsp3) is 0.417. The molecule has 29 heavy (non-hydrogen) atoms. The number of rotatable bonds is 8. The number of ether oxygens (including phenoxy) is 2. The van der Waals surface area contributed by atoms with Gasteiger partial charge in [-0.1, -0.05) is 30.3 Å². The third kappa shape index (κ3) is 5.11. The van der Waals surface area contributed by atoms with Crippen molar-refractivity contribution in [3.05, 3.63) is 70.9 Å². The average molecular weight is 394 g/mol. The van der Waals surface area contributed by atoms with Crippen LogP contribution >= 0.6 is 0 Å². The first-order chi connectivity index (χ1) is 14.2. The van der Waals surface area contributed by atoms with Gasteiger partial charge in [-0.3, -0.25) is 4.90 Å². The molecule has 0 amide bonds. The normalized spacial score (nSPS) is 17.6. The summed E-state index contributed by atoms with van der Waals surface area (Å²) in [7, 11) is 3.40. The van der Waals surface area contributed by atoms with Crippen molar-refractivity contribution >= 4 is 0 Å². The minimum atomic E-state index is 0.834. The molecule has 0 radical (unpaired) electrons. The van der Waals surface area contributed by atoms with Crippen molar-refractivity contribution < 1.29 is 9.47 Å². The summed E-state index contributed by atoms with van der Waals surface area (Å²) in [5, 5.41) is 2.33. The number of benzene rings is 2. The lowest BCUT2D eigenvalue weighted by Gasteiger charge is -2.18. The number of hydrogen-bond acceptors (Lipinski definition) is 5. The lowest BCUT2D eigenvalue weighted by Crippen LogP contribution is -2.32. The Labute approximate surface area is 173 Å². The Morgan fingerprint density at radius 1 is 0.862 bits per heavy atom. The molecule has 0 bridgehead atoms. The Hall–Kier alpha value is -2.50. The molecule has 2 aromatic rings. The third-order valence-electron chi connectivity index (χ3n) is 5.72. The number of allylic oxidation sites excluding steroid dienone is 1. The van der Waals surface area contributed by atoms with Gasteiger partial charge < -0.3 is 14.9 Å². The van der Waals surface area contributed by atoms with E-state index in [0.29, 0.717) is 0 Å². The molecular weight excluding hydrogens is 362 g/mol. The monoisotopic (exact) mass is 393 g/mol. The number of likely N-dealkylation sites (tertiary alicyclic amines) is 1. The highest BCUT2D eigenvalue weighted by Gasteiger charge is 2.24. The summed E-state index contributed by atoms with van der Waals surface area (Å²) in [5.74, 6) is 1.67. The molecule has 154 valence electrons. The summed E-state index contributed by atoms with van der Waals surface area (Å²) in [5.41, 5.74) is 9.01. The Kier molecular flexibility index (Phi) is 6.37. The maximum Gasteiger partial charge on any atom is 0.122 e. The zero-order chi connectivity index (χ0) is 20.1. The lowest BCUT2D eigenvalue weighted by atomic mass is 10.1. The summed E-state index contributed by atoms with van der Waals surface area (Å²) in [6.07, 6.45) is 3.48. The predicted octanol–water partition coefficient (Wildman–Crippen LogP) is 3.62. The molecule has 1 fully saturated rings. The first-order valence-corrected chi connectivity index (χ1v) is 10.4. The van der Waals surface area contributed by atoms with Gasteiger partial charge in [-0.2, -0.15) is 0 Å². The molecule has 0 atom stereocenters. The minimum absolute atomic E-state index is 0.834. The van der Waals surface area contributed by atoms with Gasteiger partial charge >= 0.3 is 0 Å². The lowest BCUT2D eigenvalue weighted by molar-refractivity contribution is 0.242. The quantitative estimate of drug-likeness (QED) is 0.741. The average Bonchev–Trinajstić information content (AvgIpc) is 3.39. The van der Waals surface area contributed by atoms with Gasteiger partial charge in [0.15, 0.2) is 0 Å². The third-order valence-corrected chi connectivity index (χ3v) is 5.72. The Balaban J connectivity index is 1.52. The summed E-state index contributed by atoms with van der Waals surface area (Å²) >= 11 is 0. The van der Waals surface area contributed by atoms with E-state index < -0.39 is 0 Å². The molecule has 2 heterocycles. The van der Waals surface area contributed by atoms with Crippen LogP contribution in [0.2, 0.25) is 0 Å². The highest BCUT2D eigenvalue weighted by atomic mass is 16.5. The SMILES string of the molecule is COc1cc(CC2=C(CN3CCCC3)CN(Cc3ccccc3)N2)cc(OC)c1. The largest absolute Gasteiger partial charge is 0.497 e. The number of hydrogen-bond donors (Lipinski definition) is 1. The molecule has 4 rings (SSSR count). The van der Waals surface area contributed by atoms with Crippen molar-refractivity contribution in [1.82, 2.24) is 15.3 Å². The highest BCUT2D eigenvalue weighted by Crippen LogP contribution is 2.27. The second-order valence-electron chi connectivity index (χ2n) is 7.92. The van der Waals surface area contributed by atoms with Crippen molar-refractivity contribution in [2.45, 2.75) is 25.8 Å². The van der Waals surface area contributed by atoms with Gasteiger partial charge in [0.2, 0.25) is 0 Å². The molecule has 0 aliphatic carbocycles. The van der Waals surface area contributed by atoms with Crippen molar-refractivity contribution in [2.24, 2.45) is 0 Å². The van der Waals surface area contributed by atoms with Crippen LogP contribution in [0.1, 0.15) is 24.0 Å². The maximum absolute atomic E-state index is 5.46. The van der Waals surface area contributed by atoms with Gasteiger partial charge in [-0.05, 0) is 54.8 Å². The van der Waals surface area contributed by atoms with Gasteiger partial charge in [0.25, 0.3) is 0 Å². The van der Waals surface area contributed by atoms with E-state index in [1.54, 1.807) is 14.2 Å². The fourth-order valence-corrected chi connectivity index (χ4v) is 4.23. The van der Waals surface area contributed by atoms with E-state index in [4.69, 9.17) is 9.47 Å². The minimum Gasteiger partial charge on any atom is -0.497 e. The Morgan fingerprint density at radius 3 is 2.21 bits per heavy atom. The maximum atomic E-state index is 5.46. The zero-order valence-corrected chi connectivity index (χ0v) is 17.5. The van der Waals surface area contributed by atoms with E-state index in [-0.39, 0.29) is 0 Å². The van der Waals surface area contributed by atoms with Crippen LogP contribution in [-0.4, -0.2) is 50.3 Å². The van der Waals surface area contributed by atoms with Gasteiger partial charge in [0.05, 0.1) is 14.2 Å². The second kappa shape index (κ2) is 9.33. The fourth-order valence-electron chi connectivity index (χ4n) is 4.23. The molecule has 0 saturated carbocycles. The molecule has 2 aromatic carbocycles. The standard InChI is InChI=1S/C24H31N3O2/c1-28-22-12-20(13-23(15-22)29-2)14-24-21(17-26-10-6-7-11-26)18-27(25-24)16-19-8-4-3-5-9-19/h3-5,8-9,12-13,15,25H,6-7,10-11,14,16-18H2,1-2H3. The first-order valence-electron chi connectivity index (χ1n) is 10.4. The molecule has 5 heteroatoms. The molecule has 5 nitrogen and oxygen atoms in total. The van der Waals surface area contributed by atoms with E-state index in [1.807, 2.05) is 6.07 Å². The van der Waals surface area contributed by atoms with E-state index in [1.165, 1.54) is 48.3 Å². The zero-order valence-electron chi connectivity index (χ0n) is 17.5. The molecule has 2 aliphatic rings. The van der Waals surface area contributed by atoms with Crippen molar-refractivity contribution in [1.29, 1.82) is 0 Å². The van der Waals surface area contributed by atoms with Gasteiger partial charge in [0.1, 0.15) is 11.5 Å². The Bertz CT molecular complexity index is 822. The smallest absolute Gasteiger partial charge is 0.122 e. The molecule has 1 N–H and O–H groups in total. The molecule has 0 unspecified atom stereocenters. The number of hydrazine groups is 1. The first kappa shape index (κ1) is 19.8. The van der Waals surface area contributed by atoms with Crippen LogP contribution in [-0.2, 0) is 13.0 Å². The van der Waals surface area contributed by atoms with Crippen LogP contribution in [0.5, 0.6) is 11.5 Å². The van der Waals surface area contributed by atoms with Crippen LogP contribution in [0, 0.1) is 0 Å². The van der Waals surface area contributed by atoms with E-state index in [9.17, 15) is 0 Å². The van der Waals surface area contributed by atoms with Crippen LogP contribution < -0.4 is 14.9 Å². The van der Waals surface area contributed by atoms with Crippen molar-refractivity contribution in [3.8, 4) is 11.5 Å². The van der Waals surface area contributed by atoms with Crippen molar-refractivity contribution in [3.63, 3.8) is 0 Å². The van der Waals surface area contributed by atoms with Crippen LogP contribution in [0.3, 0.4) is 0 Å². The predicted molar refractivity (Wildman–Crippen MR) is 116 cm³/mol. The molecule has 0 spiro atoms. The highest BCUT2D eigenvalue weighted by molar-refractivity contribution is 5.41. The molecule has 2 aliphatic heterocycles. The number of nitrogens with zero attached hydrogens (tertiary/aromatic N) is 2. The molecule has 0 aromatic heterocycles. The molecular formula is C24H31N3O2. The van der Waals surface area contributed by atoms with E-state index in [0.717, 1.165) is 37.6 Å². The Morgan fingerprint density at radius 2 is 1.55 bits per heavy atom. The van der Waals surface area contributed by atoms with Gasteiger partial charge in [0, 0.05) is 37.8 Å². The van der Waals surface area contributed by atoms with Crippen molar-refractivity contribution in [2.75, 3.05) is 40.4 Å². The van der Waals surface area contributed by atoms with Crippen LogP contribution in [0.15, 0.2) is 59.8 Å². The summed E-state index contributed by atoms with van der Waals surface area (Å²) < 4.78 is 10.9. The second-order valence-corrected chi connectivity index (χ2v) is 7.92. The molecule has 1 saturated heterocycles. The number of nitrogens with one attached hydrogen (secondary N) is 1. The number of methoxy groups -OCH3 is 2. The van der Waals surface area contributed by atoms with E-state index >= 15 is 0 Å². The summed E-state index contributed by atoms with van der Waals surface area (Å²) in [4.78, 5) is 2.58. The van der Waals surface area contributed by atoms with E-state index in [2.05, 4.69) is 57.8 Å².